The predicted octanol–water partition coefficient (Wildman–Crippen LogP) is 9.63. The van der Waals surface area contributed by atoms with Crippen molar-refractivity contribution < 1.29 is 19.1 Å². The highest BCUT2D eigenvalue weighted by Gasteiger charge is 2.45. The van der Waals surface area contributed by atoms with Crippen LogP contribution in [0, 0.1) is 0 Å². The van der Waals surface area contributed by atoms with Crippen LogP contribution in [0.25, 0.3) is 0 Å². The summed E-state index contributed by atoms with van der Waals surface area (Å²) in [6, 6.07) is 29.2. The maximum Gasteiger partial charge on any atom is 0.323 e. The van der Waals surface area contributed by atoms with E-state index >= 15 is 0 Å². The van der Waals surface area contributed by atoms with Crippen molar-refractivity contribution in [2.45, 2.75) is 102 Å². The van der Waals surface area contributed by atoms with Gasteiger partial charge in [0.2, 0.25) is 0 Å². The Balaban J connectivity index is 1.49. The van der Waals surface area contributed by atoms with Gasteiger partial charge in [0.25, 0.3) is 0 Å². The van der Waals surface area contributed by atoms with E-state index < -0.39 is 11.8 Å². The lowest BCUT2D eigenvalue weighted by atomic mass is 9.63. The Bertz CT molecular complexity index is 1690. The van der Waals surface area contributed by atoms with Crippen LogP contribution in [0.2, 0.25) is 0 Å². The molecule has 2 unspecified atom stereocenters. The lowest BCUT2D eigenvalue weighted by Gasteiger charge is -2.41. The number of esters is 2. The summed E-state index contributed by atoms with van der Waals surface area (Å²) in [4.78, 5) is 27.1. The molecule has 1 fully saturated rings. The summed E-state index contributed by atoms with van der Waals surface area (Å²) >= 11 is 0. The number of rotatable bonds is 4. The van der Waals surface area contributed by atoms with Gasteiger partial charge in [-0.15, -0.1) is 0 Å². The van der Waals surface area contributed by atoms with Crippen LogP contribution in [0.5, 0.6) is 11.5 Å². The number of hydrogen-bond acceptors (Lipinski definition) is 4. The molecule has 0 spiro atoms. The first-order valence-corrected chi connectivity index (χ1v) is 16.8. The smallest absolute Gasteiger partial charge is 0.323 e. The Morgan fingerprint density at radius 1 is 0.565 bits per heavy atom. The van der Waals surface area contributed by atoms with E-state index in [4.69, 9.17) is 9.47 Å². The van der Waals surface area contributed by atoms with Gasteiger partial charge in [-0.3, -0.25) is 9.59 Å². The van der Waals surface area contributed by atoms with Gasteiger partial charge in [0.15, 0.2) is 0 Å². The van der Waals surface area contributed by atoms with E-state index in [2.05, 4.69) is 65.8 Å². The fraction of sp³-hybridized carbons (Fsp3) is 0.381. The molecule has 46 heavy (non-hydrogen) atoms. The number of carbonyl (C=O) groups excluding carboxylic acids is 2. The third-order valence-corrected chi connectivity index (χ3v) is 10.4. The van der Waals surface area contributed by atoms with E-state index in [-0.39, 0.29) is 28.2 Å². The van der Waals surface area contributed by atoms with E-state index in [9.17, 15) is 9.59 Å². The number of ether oxygens (including phenoxy) is 2. The molecule has 236 valence electrons. The highest BCUT2D eigenvalue weighted by molar-refractivity contribution is 5.91. The zero-order valence-electron chi connectivity index (χ0n) is 27.9. The molecular formula is C42H44O4. The van der Waals surface area contributed by atoms with Crippen molar-refractivity contribution in [3.05, 3.63) is 129 Å². The molecule has 7 rings (SSSR count). The molecular weight excluding hydrogens is 568 g/mol. The van der Waals surface area contributed by atoms with E-state index in [0.717, 1.165) is 59.1 Å². The average Bonchev–Trinajstić information content (AvgIpc) is 3.55. The lowest BCUT2D eigenvalue weighted by molar-refractivity contribution is -0.134. The number of benzene rings is 4. The van der Waals surface area contributed by atoms with Gasteiger partial charge in [-0.25, -0.2) is 0 Å². The Hall–Kier alpha value is -4.18. The molecule has 0 saturated heterocycles. The van der Waals surface area contributed by atoms with E-state index in [1.54, 1.807) is 0 Å². The summed E-state index contributed by atoms with van der Waals surface area (Å²) in [5, 5.41) is 0. The molecule has 3 aliphatic rings. The average molecular weight is 613 g/mol. The maximum absolute atomic E-state index is 13.6. The van der Waals surface area contributed by atoms with Crippen molar-refractivity contribution in [1.82, 2.24) is 0 Å². The predicted molar refractivity (Wildman–Crippen MR) is 182 cm³/mol. The van der Waals surface area contributed by atoms with Gasteiger partial charge >= 0.3 is 11.9 Å². The van der Waals surface area contributed by atoms with Crippen LogP contribution in [0.1, 0.15) is 130 Å². The molecule has 2 heterocycles. The summed E-state index contributed by atoms with van der Waals surface area (Å²) in [5.41, 5.74) is 7.65. The van der Waals surface area contributed by atoms with Crippen molar-refractivity contribution >= 4 is 11.9 Å². The zero-order valence-corrected chi connectivity index (χ0v) is 27.9. The molecule has 4 aromatic carbocycles. The van der Waals surface area contributed by atoms with Crippen LogP contribution in [-0.4, -0.2) is 11.9 Å². The maximum atomic E-state index is 13.6. The summed E-state index contributed by atoms with van der Waals surface area (Å²) in [5.74, 6) is 0.0843. The standard InChI is InChI=1S/C42H44O4/c1-40(2,3)32-24-28(22-30-34(38(43)45-36(30)32)26-16-10-7-11-17-26)42(20-14-9-15-21-42)29-23-31-35(27-18-12-8-13-19-27)39(44)46-37(31)33(25-29)41(4,5)6/h7-8,10-13,16-19,22-25,34-35H,9,14-15,20-21H2,1-6H3. The van der Waals surface area contributed by atoms with Crippen molar-refractivity contribution in [3.63, 3.8) is 0 Å². The molecule has 0 aromatic heterocycles. The van der Waals surface area contributed by atoms with Crippen molar-refractivity contribution in [3.8, 4) is 11.5 Å². The quantitative estimate of drug-likeness (QED) is 0.170. The molecule has 0 bridgehead atoms. The Morgan fingerprint density at radius 3 is 1.33 bits per heavy atom. The van der Waals surface area contributed by atoms with Crippen LogP contribution < -0.4 is 9.47 Å². The Kier molecular flexibility index (Phi) is 7.27. The number of hydrogen-bond donors (Lipinski definition) is 0. The minimum absolute atomic E-state index is 0.213. The fourth-order valence-electron chi connectivity index (χ4n) is 8.02. The van der Waals surface area contributed by atoms with Gasteiger partial charge in [-0.1, -0.05) is 134 Å². The molecule has 4 heteroatoms. The highest BCUT2D eigenvalue weighted by atomic mass is 16.5. The normalized spacial score (nSPS) is 20.6. The highest BCUT2D eigenvalue weighted by Crippen LogP contribution is 2.54. The van der Waals surface area contributed by atoms with Crippen LogP contribution in [0.15, 0.2) is 84.9 Å². The van der Waals surface area contributed by atoms with E-state index in [1.165, 1.54) is 17.5 Å². The SMILES string of the molecule is CC(C)(C)c1cc(C2(c3cc4c(c(C(C)(C)C)c3)OC(=O)C4c3ccccc3)CCCCC2)cc2c1OC(=O)C2c1ccccc1. The van der Waals surface area contributed by atoms with Crippen LogP contribution in [-0.2, 0) is 25.8 Å². The topological polar surface area (TPSA) is 52.6 Å². The van der Waals surface area contributed by atoms with Gasteiger partial charge in [-0.05, 0) is 58.1 Å². The van der Waals surface area contributed by atoms with E-state index in [0.29, 0.717) is 11.5 Å². The first-order valence-electron chi connectivity index (χ1n) is 16.8. The van der Waals surface area contributed by atoms with Gasteiger partial charge in [0, 0.05) is 27.7 Å². The van der Waals surface area contributed by atoms with Crippen LogP contribution in [0.3, 0.4) is 0 Å². The third kappa shape index (κ3) is 4.98. The second kappa shape index (κ2) is 11.0. The molecule has 4 aromatic rings. The minimum Gasteiger partial charge on any atom is -0.425 e. The van der Waals surface area contributed by atoms with Crippen LogP contribution in [0.4, 0.5) is 0 Å². The van der Waals surface area contributed by atoms with E-state index in [1.807, 2.05) is 60.7 Å². The Morgan fingerprint density at radius 2 is 0.957 bits per heavy atom. The number of fused-ring (bicyclic) bond motifs is 2. The molecule has 1 aliphatic carbocycles. The monoisotopic (exact) mass is 612 g/mol. The third-order valence-electron chi connectivity index (χ3n) is 10.4. The molecule has 2 aliphatic heterocycles. The first-order chi connectivity index (χ1) is 21.9. The Labute approximate surface area is 273 Å². The number of carbonyl (C=O) groups is 2. The van der Waals surface area contributed by atoms with Gasteiger partial charge in [0.05, 0.1) is 0 Å². The minimum atomic E-state index is -0.462. The molecule has 1 saturated carbocycles. The van der Waals surface area contributed by atoms with Crippen molar-refractivity contribution in [2.75, 3.05) is 0 Å². The molecule has 4 nitrogen and oxygen atoms in total. The second-order valence-corrected chi connectivity index (χ2v) is 15.6. The van der Waals surface area contributed by atoms with Gasteiger partial charge in [0.1, 0.15) is 23.3 Å². The van der Waals surface area contributed by atoms with Crippen LogP contribution >= 0.6 is 0 Å². The summed E-state index contributed by atoms with van der Waals surface area (Å²) in [7, 11) is 0. The van der Waals surface area contributed by atoms with Crippen molar-refractivity contribution in [2.24, 2.45) is 0 Å². The second-order valence-electron chi connectivity index (χ2n) is 15.6. The fourth-order valence-corrected chi connectivity index (χ4v) is 8.02. The largest absolute Gasteiger partial charge is 0.425 e. The molecule has 0 amide bonds. The first kappa shape index (κ1) is 30.5. The molecule has 0 radical (unpaired) electrons. The lowest BCUT2D eigenvalue weighted by Crippen LogP contribution is -2.32. The van der Waals surface area contributed by atoms with Gasteiger partial charge in [-0.2, -0.15) is 0 Å². The summed E-state index contributed by atoms with van der Waals surface area (Å²) in [6.07, 6.45) is 5.40. The zero-order chi connectivity index (χ0) is 32.4. The molecule has 2 atom stereocenters. The van der Waals surface area contributed by atoms with Gasteiger partial charge < -0.3 is 9.47 Å². The van der Waals surface area contributed by atoms with Crippen molar-refractivity contribution in [1.29, 1.82) is 0 Å². The summed E-state index contributed by atoms with van der Waals surface area (Å²) in [6.45, 7) is 13.2. The summed E-state index contributed by atoms with van der Waals surface area (Å²) < 4.78 is 12.2. The molecule has 0 N–H and O–H groups in total.